The van der Waals surface area contributed by atoms with Crippen molar-refractivity contribution in [3.8, 4) is 5.75 Å². The molecule has 0 saturated heterocycles. The summed E-state index contributed by atoms with van der Waals surface area (Å²) >= 11 is 0. The maximum absolute atomic E-state index is 12.5. The molecule has 0 saturated carbocycles. The predicted octanol–water partition coefficient (Wildman–Crippen LogP) is 2.90. The second kappa shape index (κ2) is 6.13. The zero-order valence-electron chi connectivity index (χ0n) is 12.3. The van der Waals surface area contributed by atoms with Crippen molar-refractivity contribution < 1.29 is 13.2 Å². The second-order valence-corrected chi connectivity index (χ2v) is 6.31. The van der Waals surface area contributed by atoms with E-state index in [9.17, 15) is 8.42 Å². The van der Waals surface area contributed by atoms with Gasteiger partial charge in [-0.3, -0.25) is 9.71 Å². The van der Waals surface area contributed by atoms with Gasteiger partial charge in [-0.2, -0.15) is 0 Å². The van der Waals surface area contributed by atoms with Crippen LogP contribution in [0.3, 0.4) is 0 Å². The number of rotatable bonds is 5. The molecule has 0 atom stereocenters. The molecule has 1 aromatic heterocycles. The van der Waals surface area contributed by atoms with Crippen LogP contribution in [0.25, 0.3) is 0 Å². The summed E-state index contributed by atoms with van der Waals surface area (Å²) in [6.45, 7) is 6.00. The monoisotopic (exact) mass is 306 g/mol. The van der Waals surface area contributed by atoms with E-state index in [0.717, 1.165) is 5.56 Å². The molecule has 1 heterocycles. The highest BCUT2D eigenvalue weighted by Crippen LogP contribution is 2.27. The average molecular weight is 306 g/mol. The van der Waals surface area contributed by atoms with Crippen LogP contribution in [0.1, 0.15) is 18.1 Å². The third kappa shape index (κ3) is 3.52. The van der Waals surface area contributed by atoms with Crippen molar-refractivity contribution in [1.29, 1.82) is 0 Å². The highest BCUT2D eigenvalue weighted by atomic mass is 32.2. The number of hydrogen-bond donors (Lipinski definition) is 1. The van der Waals surface area contributed by atoms with Gasteiger partial charge >= 0.3 is 0 Å². The molecule has 0 bridgehead atoms. The number of nitrogens with one attached hydrogen (secondary N) is 1. The minimum absolute atomic E-state index is 0.209. The Morgan fingerprint density at radius 1 is 1.24 bits per heavy atom. The van der Waals surface area contributed by atoms with Crippen LogP contribution < -0.4 is 9.46 Å². The number of nitrogens with zero attached hydrogens (tertiary/aromatic N) is 1. The van der Waals surface area contributed by atoms with Gasteiger partial charge in [0.05, 0.1) is 23.4 Å². The summed E-state index contributed by atoms with van der Waals surface area (Å²) in [4.78, 5) is 4.10. The first-order valence-electron chi connectivity index (χ1n) is 6.61. The molecule has 2 aromatic rings. The van der Waals surface area contributed by atoms with E-state index in [4.69, 9.17) is 4.74 Å². The summed E-state index contributed by atoms with van der Waals surface area (Å²) < 4.78 is 33.0. The van der Waals surface area contributed by atoms with E-state index in [1.165, 1.54) is 6.20 Å². The van der Waals surface area contributed by atoms with Crippen LogP contribution in [0.2, 0.25) is 0 Å². The fraction of sp³-hybridized carbons (Fsp3) is 0.267. The molecule has 0 aliphatic rings. The molecule has 0 spiro atoms. The van der Waals surface area contributed by atoms with Crippen molar-refractivity contribution in [2.24, 2.45) is 0 Å². The van der Waals surface area contributed by atoms with Crippen LogP contribution in [0.5, 0.6) is 5.75 Å². The van der Waals surface area contributed by atoms with Crippen LogP contribution in [-0.2, 0) is 10.0 Å². The Morgan fingerprint density at radius 3 is 2.62 bits per heavy atom. The van der Waals surface area contributed by atoms with Gasteiger partial charge in [-0.15, -0.1) is 0 Å². The zero-order valence-corrected chi connectivity index (χ0v) is 13.1. The van der Waals surface area contributed by atoms with E-state index in [0.29, 0.717) is 23.6 Å². The van der Waals surface area contributed by atoms with Gasteiger partial charge in [-0.05, 0) is 44.0 Å². The molecule has 0 aliphatic heterocycles. The third-order valence-corrected chi connectivity index (χ3v) is 4.50. The Labute approximate surface area is 125 Å². The summed E-state index contributed by atoms with van der Waals surface area (Å²) in [5.41, 5.74) is 2.01. The smallest absolute Gasteiger partial charge is 0.262 e. The van der Waals surface area contributed by atoms with Crippen molar-refractivity contribution in [3.63, 3.8) is 0 Å². The van der Waals surface area contributed by atoms with Crippen molar-refractivity contribution in [2.45, 2.75) is 25.7 Å². The minimum Gasteiger partial charge on any atom is -0.494 e. The van der Waals surface area contributed by atoms with Gasteiger partial charge in [0, 0.05) is 12.3 Å². The molecule has 0 aliphatic carbocycles. The Kier molecular flexibility index (Phi) is 4.47. The highest BCUT2D eigenvalue weighted by molar-refractivity contribution is 7.92. The van der Waals surface area contributed by atoms with Gasteiger partial charge < -0.3 is 4.74 Å². The van der Waals surface area contributed by atoms with Gasteiger partial charge in [0.1, 0.15) is 5.75 Å². The Balaban J connectivity index is 2.42. The number of sulfonamides is 1. The quantitative estimate of drug-likeness (QED) is 0.922. The number of pyridine rings is 1. The number of hydrogen-bond acceptors (Lipinski definition) is 4. The first-order valence-corrected chi connectivity index (χ1v) is 8.09. The zero-order chi connectivity index (χ0) is 15.5. The summed E-state index contributed by atoms with van der Waals surface area (Å²) in [7, 11) is -3.67. The number of aryl methyl sites for hydroxylation is 2. The lowest BCUT2D eigenvalue weighted by atomic mass is 10.1. The minimum atomic E-state index is -3.67. The van der Waals surface area contributed by atoms with Crippen LogP contribution in [-0.4, -0.2) is 20.0 Å². The molecule has 21 heavy (non-hydrogen) atoms. The Hall–Kier alpha value is -2.08. The number of benzene rings is 1. The molecule has 112 valence electrons. The van der Waals surface area contributed by atoms with E-state index in [1.54, 1.807) is 31.3 Å². The number of anilines is 1. The van der Waals surface area contributed by atoms with E-state index in [-0.39, 0.29) is 4.90 Å². The lowest BCUT2D eigenvalue weighted by Crippen LogP contribution is -2.15. The second-order valence-electron chi connectivity index (χ2n) is 4.66. The molecule has 1 N–H and O–H groups in total. The molecule has 5 nitrogen and oxygen atoms in total. The maximum atomic E-state index is 12.5. The predicted molar refractivity (Wildman–Crippen MR) is 82.1 cm³/mol. The normalized spacial score (nSPS) is 11.2. The SMILES string of the molecule is CCOc1cc(S(=O)(=O)Nc2cccnc2)c(C)cc1C. The largest absolute Gasteiger partial charge is 0.494 e. The van der Waals surface area contributed by atoms with E-state index >= 15 is 0 Å². The first kappa shape index (κ1) is 15.3. The Bertz CT molecular complexity index is 728. The molecule has 1 aromatic carbocycles. The average Bonchev–Trinajstić information content (AvgIpc) is 2.42. The topological polar surface area (TPSA) is 68.3 Å². The third-order valence-electron chi connectivity index (χ3n) is 2.98. The van der Waals surface area contributed by atoms with Gasteiger partial charge in [-0.1, -0.05) is 6.07 Å². The fourth-order valence-corrected chi connectivity index (χ4v) is 3.33. The number of aromatic nitrogens is 1. The molecule has 2 rings (SSSR count). The molecular weight excluding hydrogens is 288 g/mol. The van der Waals surface area contributed by atoms with Crippen molar-refractivity contribution in [2.75, 3.05) is 11.3 Å². The van der Waals surface area contributed by atoms with E-state index in [2.05, 4.69) is 9.71 Å². The van der Waals surface area contributed by atoms with Crippen molar-refractivity contribution >= 4 is 15.7 Å². The summed E-state index contributed by atoms with van der Waals surface area (Å²) in [5.74, 6) is 0.578. The first-order chi connectivity index (χ1) is 9.94. The van der Waals surface area contributed by atoms with Gasteiger partial charge in [0.15, 0.2) is 0 Å². The molecule has 0 unspecified atom stereocenters. The van der Waals surface area contributed by atoms with Crippen LogP contribution in [0.15, 0.2) is 41.6 Å². The van der Waals surface area contributed by atoms with E-state index < -0.39 is 10.0 Å². The molecule has 6 heteroatoms. The van der Waals surface area contributed by atoms with Crippen LogP contribution >= 0.6 is 0 Å². The highest BCUT2D eigenvalue weighted by Gasteiger charge is 2.19. The summed E-state index contributed by atoms with van der Waals surface area (Å²) in [6.07, 6.45) is 3.05. The summed E-state index contributed by atoms with van der Waals surface area (Å²) in [5, 5.41) is 0. The standard InChI is InChI=1S/C15H18N2O3S/c1-4-20-14-9-15(12(3)8-11(14)2)21(18,19)17-13-6-5-7-16-10-13/h5-10,17H,4H2,1-3H3. The lowest BCUT2D eigenvalue weighted by Gasteiger charge is -2.14. The van der Waals surface area contributed by atoms with E-state index in [1.807, 2.05) is 19.9 Å². The van der Waals surface area contributed by atoms with Gasteiger partial charge in [0.2, 0.25) is 0 Å². The van der Waals surface area contributed by atoms with Gasteiger partial charge in [-0.25, -0.2) is 8.42 Å². The fourth-order valence-electron chi connectivity index (χ4n) is 2.05. The number of ether oxygens (including phenoxy) is 1. The van der Waals surface area contributed by atoms with Crippen molar-refractivity contribution in [1.82, 2.24) is 4.98 Å². The van der Waals surface area contributed by atoms with Crippen molar-refractivity contribution in [3.05, 3.63) is 47.8 Å². The summed E-state index contributed by atoms with van der Waals surface area (Å²) in [6, 6.07) is 6.69. The molecular formula is C15H18N2O3S. The maximum Gasteiger partial charge on any atom is 0.262 e. The molecule has 0 amide bonds. The lowest BCUT2D eigenvalue weighted by molar-refractivity contribution is 0.337. The van der Waals surface area contributed by atoms with Crippen LogP contribution in [0.4, 0.5) is 5.69 Å². The molecule has 0 fully saturated rings. The van der Waals surface area contributed by atoms with Gasteiger partial charge in [0.25, 0.3) is 10.0 Å². The van der Waals surface area contributed by atoms with Crippen LogP contribution in [0, 0.1) is 13.8 Å². The molecule has 0 radical (unpaired) electrons. The Morgan fingerprint density at radius 2 is 2.00 bits per heavy atom.